The van der Waals surface area contributed by atoms with Gasteiger partial charge in [0.1, 0.15) is 23.9 Å². The molecule has 0 aromatic heterocycles. The molecule has 0 radical (unpaired) electrons. The number of carboxylic acid groups (broad SMARTS) is 1. The molecule has 7 N–H and O–H groups in total. The molecule has 1 aromatic rings. The van der Waals surface area contributed by atoms with Crippen molar-refractivity contribution in [2.24, 2.45) is 17.6 Å². The van der Waals surface area contributed by atoms with E-state index >= 15 is 0 Å². The highest BCUT2D eigenvalue weighted by Gasteiger charge is 2.33. The lowest BCUT2D eigenvalue weighted by atomic mass is 9.95. The molecule has 3 amide bonds. The van der Waals surface area contributed by atoms with Gasteiger partial charge in [0.15, 0.2) is 0 Å². The van der Waals surface area contributed by atoms with Gasteiger partial charge in [0.25, 0.3) is 0 Å². The monoisotopic (exact) mass is 464 g/mol. The fraction of sp³-hybridized carbons (Fsp3) is 0.565. The van der Waals surface area contributed by atoms with Gasteiger partial charge in [-0.2, -0.15) is 0 Å². The second-order valence-corrected chi connectivity index (χ2v) is 8.66. The van der Waals surface area contributed by atoms with Crippen molar-refractivity contribution in [3.05, 3.63) is 29.8 Å². The van der Waals surface area contributed by atoms with Gasteiger partial charge in [-0.05, 0) is 36.5 Å². The molecule has 0 heterocycles. The van der Waals surface area contributed by atoms with Crippen LogP contribution in [-0.2, 0) is 25.6 Å². The Balaban J connectivity index is 3.01. The number of hydrogen-bond acceptors (Lipinski definition) is 6. The lowest BCUT2D eigenvalue weighted by Crippen LogP contribution is -2.59. The van der Waals surface area contributed by atoms with Crippen molar-refractivity contribution in [1.82, 2.24) is 16.0 Å². The lowest BCUT2D eigenvalue weighted by molar-refractivity contribution is -0.142. The third-order valence-corrected chi connectivity index (χ3v) is 5.44. The quantitative estimate of drug-likeness (QED) is 0.262. The number of phenolic OH excluding ortho intramolecular Hbond substituents is 1. The molecule has 1 aromatic carbocycles. The average molecular weight is 465 g/mol. The maximum absolute atomic E-state index is 13.0. The number of benzene rings is 1. The molecule has 184 valence electrons. The molecule has 33 heavy (non-hydrogen) atoms. The summed E-state index contributed by atoms with van der Waals surface area (Å²) < 4.78 is 0. The number of amides is 3. The van der Waals surface area contributed by atoms with Gasteiger partial charge in [0.2, 0.25) is 17.7 Å². The van der Waals surface area contributed by atoms with Crippen LogP contribution in [0.2, 0.25) is 0 Å². The summed E-state index contributed by atoms with van der Waals surface area (Å²) >= 11 is 0. The van der Waals surface area contributed by atoms with E-state index in [2.05, 4.69) is 16.0 Å². The molecule has 0 spiro atoms. The van der Waals surface area contributed by atoms with Crippen molar-refractivity contribution in [2.75, 3.05) is 0 Å². The predicted octanol–water partition coefficient (Wildman–Crippen LogP) is 0.523. The standard InChI is InChI=1S/C23H36N4O6/c1-6-13(4)19(27-21(30)18(12(2)3)26-20(29)14(5)24)22(31)25-17(23(32)33)11-15-7-9-16(28)10-8-15/h7-10,12-14,17-19,28H,6,11,24H2,1-5H3,(H,25,31)(H,26,29)(H,27,30)(H,32,33). The number of hydrogen-bond donors (Lipinski definition) is 6. The number of carboxylic acids is 1. The zero-order chi connectivity index (χ0) is 25.3. The molecule has 0 aliphatic rings. The second-order valence-electron chi connectivity index (χ2n) is 8.66. The van der Waals surface area contributed by atoms with Gasteiger partial charge in [0, 0.05) is 6.42 Å². The number of rotatable bonds is 12. The molecular weight excluding hydrogens is 428 g/mol. The van der Waals surface area contributed by atoms with Crippen LogP contribution < -0.4 is 21.7 Å². The summed E-state index contributed by atoms with van der Waals surface area (Å²) in [4.78, 5) is 49.7. The van der Waals surface area contributed by atoms with Crippen LogP contribution >= 0.6 is 0 Å². The summed E-state index contributed by atoms with van der Waals surface area (Å²) in [6, 6.07) is 2.06. The van der Waals surface area contributed by atoms with Crippen molar-refractivity contribution in [3.8, 4) is 5.75 Å². The zero-order valence-electron chi connectivity index (χ0n) is 19.8. The van der Waals surface area contributed by atoms with Gasteiger partial charge < -0.3 is 31.9 Å². The third-order valence-electron chi connectivity index (χ3n) is 5.44. The molecule has 10 nitrogen and oxygen atoms in total. The Kier molecular flexibility index (Phi) is 10.8. The third kappa shape index (κ3) is 8.72. The van der Waals surface area contributed by atoms with Crippen molar-refractivity contribution in [3.63, 3.8) is 0 Å². The maximum Gasteiger partial charge on any atom is 0.326 e. The topological polar surface area (TPSA) is 171 Å². The van der Waals surface area contributed by atoms with E-state index in [1.165, 1.54) is 19.1 Å². The normalized spacial score (nSPS) is 15.6. The van der Waals surface area contributed by atoms with E-state index in [0.717, 1.165) is 0 Å². The molecule has 0 saturated carbocycles. The van der Waals surface area contributed by atoms with Gasteiger partial charge >= 0.3 is 5.97 Å². The van der Waals surface area contributed by atoms with Crippen LogP contribution in [0.5, 0.6) is 5.75 Å². The Morgan fingerprint density at radius 2 is 1.39 bits per heavy atom. The smallest absolute Gasteiger partial charge is 0.326 e. The van der Waals surface area contributed by atoms with E-state index in [0.29, 0.717) is 12.0 Å². The molecule has 0 aliphatic heterocycles. The molecule has 0 aliphatic carbocycles. The Labute approximate surface area is 194 Å². The van der Waals surface area contributed by atoms with E-state index in [1.54, 1.807) is 32.9 Å². The molecule has 5 atom stereocenters. The minimum atomic E-state index is -1.23. The Hall–Kier alpha value is -3.14. The van der Waals surface area contributed by atoms with Crippen molar-refractivity contribution in [2.45, 2.75) is 71.6 Å². The van der Waals surface area contributed by atoms with Crippen LogP contribution in [0.25, 0.3) is 0 Å². The van der Waals surface area contributed by atoms with E-state index in [-0.39, 0.29) is 24.0 Å². The lowest BCUT2D eigenvalue weighted by Gasteiger charge is -2.29. The molecule has 5 unspecified atom stereocenters. The number of nitrogens with one attached hydrogen (secondary N) is 3. The minimum absolute atomic E-state index is 0.00158. The summed E-state index contributed by atoms with van der Waals surface area (Å²) in [6.07, 6.45) is 0.550. The summed E-state index contributed by atoms with van der Waals surface area (Å²) in [5.41, 5.74) is 6.20. The number of nitrogens with two attached hydrogens (primary N) is 1. The number of carbonyl (C=O) groups is 4. The highest BCUT2D eigenvalue weighted by atomic mass is 16.4. The molecule has 0 bridgehead atoms. The summed E-state index contributed by atoms with van der Waals surface area (Å²) in [6.45, 7) is 8.62. The molecule has 1 rings (SSSR count). The first-order valence-corrected chi connectivity index (χ1v) is 11.0. The maximum atomic E-state index is 13.0. The van der Waals surface area contributed by atoms with Crippen LogP contribution in [0, 0.1) is 11.8 Å². The Morgan fingerprint density at radius 3 is 1.85 bits per heavy atom. The molecular formula is C23H36N4O6. The van der Waals surface area contributed by atoms with Crippen LogP contribution in [0.15, 0.2) is 24.3 Å². The first-order valence-electron chi connectivity index (χ1n) is 11.0. The number of phenols is 1. The van der Waals surface area contributed by atoms with Gasteiger partial charge in [-0.3, -0.25) is 14.4 Å². The van der Waals surface area contributed by atoms with Gasteiger partial charge in [-0.25, -0.2) is 4.79 Å². The first-order chi connectivity index (χ1) is 15.4. The van der Waals surface area contributed by atoms with Crippen LogP contribution in [0.4, 0.5) is 0 Å². The van der Waals surface area contributed by atoms with E-state index in [9.17, 15) is 29.4 Å². The largest absolute Gasteiger partial charge is 0.508 e. The first kappa shape index (κ1) is 27.9. The van der Waals surface area contributed by atoms with E-state index in [1.807, 2.05) is 6.92 Å². The van der Waals surface area contributed by atoms with Crippen molar-refractivity contribution < 1.29 is 29.4 Å². The Bertz CT molecular complexity index is 825. The summed E-state index contributed by atoms with van der Waals surface area (Å²) in [5, 5.41) is 26.8. The van der Waals surface area contributed by atoms with Gasteiger partial charge in [-0.15, -0.1) is 0 Å². The summed E-state index contributed by atoms with van der Waals surface area (Å²) in [5.74, 6) is -3.42. The highest BCUT2D eigenvalue weighted by Crippen LogP contribution is 2.14. The molecule has 0 fully saturated rings. The number of aromatic hydroxyl groups is 1. The zero-order valence-corrected chi connectivity index (χ0v) is 19.8. The molecule has 10 heteroatoms. The fourth-order valence-electron chi connectivity index (χ4n) is 3.09. The van der Waals surface area contributed by atoms with Crippen LogP contribution in [0.1, 0.15) is 46.6 Å². The van der Waals surface area contributed by atoms with E-state index < -0.39 is 47.9 Å². The predicted molar refractivity (Wildman–Crippen MR) is 123 cm³/mol. The summed E-state index contributed by atoms with van der Waals surface area (Å²) in [7, 11) is 0. The fourth-order valence-corrected chi connectivity index (χ4v) is 3.09. The highest BCUT2D eigenvalue weighted by molar-refractivity contribution is 5.94. The van der Waals surface area contributed by atoms with Crippen LogP contribution in [0.3, 0.4) is 0 Å². The van der Waals surface area contributed by atoms with Crippen molar-refractivity contribution >= 4 is 23.7 Å². The number of aliphatic carboxylic acids is 1. The van der Waals surface area contributed by atoms with Crippen LogP contribution in [-0.4, -0.2) is 58.1 Å². The van der Waals surface area contributed by atoms with Gasteiger partial charge in [-0.1, -0.05) is 46.2 Å². The average Bonchev–Trinajstić information content (AvgIpc) is 2.75. The van der Waals surface area contributed by atoms with Crippen molar-refractivity contribution in [1.29, 1.82) is 0 Å². The van der Waals surface area contributed by atoms with E-state index in [4.69, 9.17) is 5.73 Å². The number of carbonyl (C=O) groups excluding carboxylic acids is 3. The Morgan fingerprint density at radius 1 is 0.879 bits per heavy atom. The molecule has 0 saturated heterocycles. The van der Waals surface area contributed by atoms with Gasteiger partial charge in [0.05, 0.1) is 6.04 Å². The SMILES string of the molecule is CCC(C)C(NC(=O)C(NC(=O)C(C)N)C(C)C)C(=O)NC(Cc1ccc(O)cc1)C(=O)O. The second kappa shape index (κ2) is 12.8. The minimum Gasteiger partial charge on any atom is -0.508 e.